The van der Waals surface area contributed by atoms with E-state index in [1.807, 2.05) is 27.8 Å². The Labute approximate surface area is 122 Å². The average Bonchev–Trinajstić information content (AvgIpc) is 2.93. The zero-order valence-corrected chi connectivity index (χ0v) is 12.9. The third-order valence-electron chi connectivity index (χ3n) is 4.10. The highest BCUT2D eigenvalue weighted by molar-refractivity contribution is 5.93. The summed E-state index contributed by atoms with van der Waals surface area (Å²) < 4.78 is 2.02. The fourth-order valence-corrected chi connectivity index (χ4v) is 2.88. The van der Waals surface area contributed by atoms with E-state index in [1.54, 1.807) is 0 Å². The number of nitrogens with zero attached hydrogens (tertiary/aromatic N) is 2. The zero-order valence-electron chi connectivity index (χ0n) is 12.9. The molecule has 2 rings (SSSR count). The van der Waals surface area contributed by atoms with Crippen LogP contribution in [0.1, 0.15) is 50.5 Å². The van der Waals surface area contributed by atoms with Crippen LogP contribution in [0.25, 0.3) is 0 Å². The molecule has 0 saturated carbocycles. The van der Waals surface area contributed by atoms with E-state index in [2.05, 4.69) is 26.1 Å². The molecule has 1 aliphatic rings. The molecule has 0 aromatic carbocycles. The lowest BCUT2D eigenvalue weighted by atomic mass is 10.0. The van der Waals surface area contributed by atoms with E-state index in [0.717, 1.165) is 25.3 Å². The molecule has 4 nitrogen and oxygen atoms in total. The largest absolute Gasteiger partial charge is 0.344 e. The number of amides is 1. The minimum atomic E-state index is 0.152. The number of carbonyl (C=O) groups excluding carboxylic acids is 1. The monoisotopic (exact) mass is 277 g/mol. The van der Waals surface area contributed by atoms with Crippen LogP contribution in [0.5, 0.6) is 0 Å². The highest BCUT2D eigenvalue weighted by atomic mass is 16.2. The van der Waals surface area contributed by atoms with Gasteiger partial charge in [0, 0.05) is 31.4 Å². The Balaban J connectivity index is 2.09. The smallest absolute Gasteiger partial charge is 0.270 e. The van der Waals surface area contributed by atoms with Crippen LogP contribution in [0.3, 0.4) is 0 Å². The molecule has 1 amide bonds. The number of aryl methyl sites for hydroxylation is 1. The zero-order chi connectivity index (χ0) is 14.5. The molecule has 1 unspecified atom stereocenters. The van der Waals surface area contributed by atoms with Gasteiger partial charge in [-0.25, -0.2) is 0 Å². The first-order chi connectivity index (χ1) is 9.63. The summed E-state index contributed by atoms with van der Waals surface area (Å²) in [7, 11) is 0. The average molecular weight is 277 g/mol. The van der Waals surface area contributed by atoms with Crippen LogP contribution in [-0.4, -0.2) is 40.5 Å². The Bertz CT molecular complexity index is 433. The molecule has 1 aromatic rings. The Morgan fingerprint density at radius 3 is 2.90 bits per heavy atom. The summed E-state index contributed by atoms with van der Waals surface area (Å²) in [5.41, 5.74) is 0.803. The maximum atomic E-state index is 12.8. The van der Waals surface area contributed by atoms with Gasteiger partial charge in [-0.15, -0.1) is 0 Å². The van der Waals surface area contributed by atoms with Crippen LogP contribution in [0.2, 0.25) is 0 Å². The number of rotatable bonds is 5. The Morgan fingerprint density at radius 2 is 2.30 bits per heavy atom. The lowest BCUT2D eigenvalue weighted by Crippen LogP contribution is -2.48. The first-order valence-electron chi connectivity index (χ1n) is 7.83. The van der Waals surface area contributed by atoms with Gasteiger partial charge in [-0.2, -0.15) is 0 Å². The molecule has 1 atom stereocenters. The van der Waals surface area contributed by atoms with Gasteiger partial charge in [-0.1, -0.05) is 6.42 Å². The van der Waals surface area contributed by atoms with Gasteiger partial charge in [0.2, 0.25) is 0 Å². The maximum Gasteiger partial charge on any atom is 0.270 e. The van der Waals surface area contributed by atoms with E-state index in [1.165, 1.54) is 19.3 Å². The quantitative estimate of drug-likeness (QED) is 0.898. The predicted molar refractivity (Wildman–Crippen MR) is 81.9 cm³/mol. The van der Waals surface area contributed by atoms with E-state index >= 15 is 0 Å². The van der Waals surface area contributed by atoms with Crippen molar-refractivity contribution in [1.29, 1.82) is 0 Å². The normalized spacial score (nSPS) is 19.3. The van der Waals surface area contributed by atoms with Gasteiger partial charge in [-0.05, 0) is 52.3 Å². The third-order valence-corrected chi connectivity index (χ3v) is 4.10. The molecule has 4 heteroatoms. The molecule has 112 valence electrons. The number of hydrogen-bond acceptors (Lipinski definition) is 2. The Kier molecular flexibility index (Phi) is 5.24. The van der Waals surface area contributed by atoms with Gasteiger partial charge in [0.15, 0.2) is 0 Å². The summed E-state index contributed by atoms with van der Waals surface area (Å²) in [6, 6.07) is 4.55. The molecule has 0 radical (unpaired) electrons. The first-order valence-corrected chi connectivity index (χ1v) is 7.83. The van der Waals surface area contributed by atoms with Crippen LogP contribution >= 0.6 is 0 Å². The van der Waals surface area contributed by atoms with Crippen molar-refractivity contribution in [1.82, 2.24) is 14.8 Å². The Hall–Kier alpha value is -1.29. The lowest BCUT2D eigenvalue weighted by Gasteiger charge is -2.33. The van der Waals surface area contributed by atoms with Gasteiger partial charge in [0.25, 0.3) is 5.91 Å². The minimum Gasteiger partial charge on any atom is -0.344 e. The highest BCUT2D eigenvalue weighted by Gasteiger charge is 2.25. The predicted octanol–water partition coefficient (Wildman–Crippen LogP) is 2.50. The van der Waals surface area contributed by atoms with Gasteiger partial charge in [0.1, 0.15) is 5.69 Å². The van der Waals surface area contributed by atoms with Crippen LogP contribution < -0.4 is 5.32 Å². The number of aromatic nitrogens is 1. The molecule has 0 spiro atoms. The topological polar surface area (TPSA) is 37.3 Å². The minimum absolute atomic E-state index is 0.152. The molecule has 2 heterocycles. The molecule has 1 N–H and O–H groups in total. The number of hydrogen-bond donors (Lipinski definition) is 1. The van der Waals surface area contributed by atoms with Gasteiger partial charge in [0.05, 0.1) is 0 Å². The number of carbonyl (C=O) groups is 1. The van der Waals surface area contributed by atoms with E-state index < -0.39 is 0 Å². The first kappa shape index (κ1) is 15.1. The number of nitrogens with one attached hydrogen (secondary N) is 1. The van der Waals surface area contributed by atoms with Crippen LogP contribution in [-0.2, 0) is 6.54 Å². The van der Waals surface area contributed by atoms with Gasteiger partial charge in [-0.3, -0.25) is 4.79 Å². The van der Waals surface area contributed by atoms with Gasteiger partial charge >= 0.3 is 0 Å². The SMILES string of the molecule is CCn1cccc1C(=O)N(CC1CCCCN1)C(C)C. The third kappa shape index (κ3) is 3.42. The van der Waals surface area contributed by atoms with Crippen molar-refractivity contribution in [3.05, 3.63) is 24.0 Å². The van der Waals surface area contributed by atoms with Crippen molar-refractivity contribution in [2.75, 3.05) is 13.1 Å². The summed E-state index contributed by atoms with van der Waals surface area (Å²) in [5, 5.41) is 3.53. The highest BCUT2D eigenvalue weighted by Crippen LogP contribution is 2.14. The summed E-state index contributed by atoms with van der Waals surface area (Å²) in [4.78, 5) is 14.8. The summed E-state index contributed by atoms with van der Waals surface area (Å²) in [6.45, 7) is 8.99. The summed E-state index contributed by atoms with van der Waals surface area (Å²) >= 11 is 0. The van der Waals surface area contributed by atoms with Crippen LogP contribution in [0, 0.1) is 0 Å². The van der Waals surface area contributed by atoms with Crippen LogP contribution in [0.4, 0.5) is 0 Å². The molecule has 0 bridgehead atoms. The van der Waals surface area contributed by atoms with Crippen molar-refractivity contribution in [3.8, 4) is 0 Å². The van der Waals surface area contributed by atoms with Crippen molar-refractivity contribution in [2.45, 2.75) is 58.7 Å². The fraction of sp³-hybridized carbons (Fsp3) is 0.688. The summed E-state index contributed by atoms with van der Waals surface area (Å²) in [6.07, 6.45) is 5.67. The molecule has 1 aliphatic heterocycles. The second kappa shape index (κ2) is 6.93. The molecular formula is C16H27N3O. The lowest BCUT2D eigenvalue weighted by molar-refractivity contribution is 0.0666. The standard InChI is InChI=1S/C16H27N3O/c1-4-18-11-7-9-15(18)16(20)19(13(2)3)12-14-8-5-6-10-17-14/h7,9,11,13-14,17H,4-6,8,10,12H2,1-3H3. The van der Waals surface area contributed by atoms with Crippen molar-refractivity contribution < 1.29 is 4.79 Å². The second-order valence-electron chi connectivity index (χ2n) is 5.88. The molecular weight excluding hydrogens is 250 g/mol. The second-order valence-corrected chi connectivity index (χ2v) is 5.88. The van der Waals surface area contributed by atoms with E-state index in [-0.39, 0.29) is 11.9 Å². The van der Waals surface area contributed by atoms with Crippen molar-refractivity contribution >= 4 is 5.91 Å². The van der Waals surface area contributed by atoms with Crippen LogP contribution in [0.15, 0.2) is 18.3 Å². The van der Waals surface area contributed by atoms with E-state index in [9.17, 15) is 4.79 Å². The van der Waals surface area contributed by atoms with Gasteiger partial charge < -0.3 is 14.8 Å². The van der Waals surface area contributed by atoms with Crippen molar-refractivity contribution in [2.24, 2.45) is 0 Å². The van der Waals surface area contributed by atoms with Crippen molar-refractivity contribution in [3.63, 3.8) is 0 Å². The summed E-state index contributed by atoms with van der Waals surface area (Å²) in [5.74, 6) is 0.152. The van der Waals surface area contributed by atoms with E-state index in [4.69, 9.17) is 0 Å². The Morgan fingerprint density at radius 1 is 1.50 bits per heavy atom. The van der Waals surface area contributed by atoms with E-state index in [0.29, 0.717) is 6.04 Å². The molecule has 1 fully saturated rings. The molecule has 1 saturated heterocycles. The molecule has 1 aromatic heterocycles. The number of piperidine rings is 1. The molecule has 20 heavy (non-hydrogen) atoms. The molecule has 0 aliphatic carbocycles. The maximum absolute atomic E-state index is 12.8. The fourth-order valence-electron chi connectivity index (χ4n) is 2.88.